The molecule has 0 aliphatic carbocycles. The largest absolute Gasteiger partial charge is 0.461 e. The van der Waals surface area contributed by atoms with Gasteiger partial charge < -0.3 is 9.47 Å². The first-order chi connectivity index (χ1) is 7.20. The minimum atomic E-state index is -0.431. The molecule has 15 heavy (non-hydrogen) atoms. The van der Waals surface area contributed by atoms with Crippen molar-refractivity contribution in [2.45, 2.75) is 13.5 Å². The summed E-state index contributed by atoms with van der Waals surface area (Å²) >= 11 is 3.31. The highest BCUT2D eigenvalue weighted by atomic mass is 79.9. The highest BCUT2D eigenvalue weighted by Crippen LogP contribution is 2.22. The maximum Gasteiger partial charge on any atom is 0.358 e. The van der Waals surface area contributed by atoms with Crippen molar-refractivity contribution in [2.24, 2.45) is 0 Å². The molecule has 1 aliphatic heterocycles. The Morgan fingerprint density at radius 3 is 3.33 bits per heavy atom. The van der Waals surface area contributed by atoms with E-state index in [0.29, 0.717) is 19.2 Å². The molecule has 0 bridgehead atoms. The van der Waals surface area contributed by atoms with Crippen LogP contribution in [-0.4, -0.2) is 22.1 Å². The van der Waals surface area contributed by atoms with Crippen LogP contribution in [0.5, 0.6) is 6.01 Å². The van der Waals surface area contributed by atoms with Gasteiger partial charge in [0.25, 0.3) is 0 Å². The number of imidazole rings is 1. The van der Waals surface area contributed by atoms with E-state index in [0.717, 1.165) is 4.48 Å². The standard InChI is InChI=1S/C9H9BrN2O3/c1-2-14-8(13)7-4-12-3-6(10)5-15-9(12)11-7/h4-5H,2-3H2,1H3. The Bertz CT molecular complexity index is 425. The van der Waals surface area contributed by atoms with Gasteiger partial charge in [-0.2, -0.15) is 4.98 Å². The SMILES string of the molecule is CCOC(=O)c1cn2c(n1)OC=C(Br)C2. The molecule has 0 saturated carbocycles. The van der Waals surface area contributed by atoms with Gasteiger partial charge in [0.05, 0.1) is 17.6 Å². The molecule has 1 aromatic rings. The fraction of sp³-hybridized carbons (Fsp3) is 0.333. The Labute approximate surface area is 94.8 Å². The highest BCUT2D eigenvalue weighted by Gasteiger charge is 2.18. The number of ether oxygens (including phenoxy) is 2. The molecule has 2 rings (SSSR count). The normalized spacial score (nSPS) is 13.9. The van der Waals surface area contributed by atoms with Gasteiger partial charge in [-0.15, -0.1) is 0 Å². The fourth-order valence-corrected chi connectivity index (χ4v) is 1.59. The molecule has 0 amide bonds. The van der Waals surface area contributed by atoms with E-state index < -0.39 is 5.97 Å². The van der Waals surface area contributed by atoms with Gasteiger partial charge in [-0.05, 0) is 6.92 Å². The summed E-state index contributed by atoms with van der Waals surface area (Å²) < 4.78 is 12.6. The van der Waals surface area contributed by atoms with Crippen LogP contribution in [0.2, 0.25) is 0 Å². The van der Waals surface area contributed by atoms with Crippen molar-refractivity contribution in [3.05, 3.63) is 22.6 Å². The topological polar surface area (TPSA) is 53.4 Å². The Kier molecular flexibility index (Phi) is 2.77. The summed E-state index contributed by atoms with van der Waals surface area (Å²) in [6.07, 6.45) is 3.17. The molecule has 1 aromatic heterocycles. The molecule has 1 aliphatic rings. The lowest BCUT2D eigenvalue weighted by Crippen LogP contribution is -2.05. The molecule has 0 atom stereocenters. The van der Waals surface area contributed by atoms with Crippen molar-refractivity contribution in [1.82, 2.24) is 9.55 Å². The quantitative estimate of drug-likeness (QED) is 0.769. The number of nitrogens with zero attached hydrogens (tertiary/aromatic N) is 2. The first kappa shape index (κ1) is 10.2. The zero-order valence-corrected chi connectivity index (χ0v) is 9.65. The van der Waals surface area contributed by atoms with E-state index >= 15 is 0 Å². The third kappa shape index (κ3) is 2.04. The predicted octanol–water partition coefficient (Wildman–Crippen LogP) is 1.69. The van der Waals surface area contributed by atoms with Gasteiger partial charge in [0.15, 0.2) is 5.69 Å². The van der Waals surface area contributed by atoms with Crippen molar-refractivity contribution in [2.75, 3.05) is 6.61 Å². The number of rotatable bonds is 2. The minimum absolute atomic E-state index is 0.266. The average molecular weight is 273 g/mol. The van der Waals surface area contributed by atoms with E-state index in [1.54, 1.807) is 23.9 Å². The van der Waals surface area contributed by atoms with Gasteiger partial charge in [-0.25, -0.2) is 4.79 Å². The summed E-state index contributed by atoms with van der Waals surface area (Å²) in [7, 11) is 0. The number of esters is 1. The van der Waals surface area contributed by atoms with E-state index in [9.17, 15) is 4.79 Å². The van der Waals surface area contributed by atoms with Gasteiger partial charge in [0, 0.05) is 6.20 Å². The van der Waals surface area contributed by atoms with Crippen molar-refractivity contribution in [3.63, 3.8) is 0 Å². The van der Waals surface area contributed by atoms with Crippen molar-refractivity contribution >= 4 is 21.9 Å². The minimum Gasteiger partial charge on any atom is -0.461 e. The van der Waals surface area contributed by atoms with E-state index in [4.69, 9.17) is 9.47 Å². The monoisotopic (exact) mass is 272 g/mol. The Morgan fingerprint density at radius 1 is 1.80 bits per heavy atom. The van der Waals surface area contributed by atoms with Gasteiger partial charge in [0.1, 0.15) is 6.26 Å². The van der Waals surface area contributed by atoms with Crippen LogP contribution in [0.4, 0.5) is 0 Å². The van der Waals surface area contributed by atoms with Crippen LogP contribution in [0.25, 0.3) is 0 Å². The summed E-state index contributed by atoms with van der Waals surface area (Å²) in [6, 6.07) is 0.404. The van der Waals surface area contributed by atoms with Gasteiger partial charge in [0.2, 0.25) is 0 Å². The first-order valence-electron chi connectivity index (χ1n) is 4.46. The Balaban J connectivity index is 2.21. The molecular weight excluding hydrogens is 264 g/mol. The maximum absolute atomic E-state index is 11.4. The molecule has 6 heteroatoms. The number of allylic oxidation sites excluding steroid dienone is 1. The van der Waals surface area contributed by atoms with Crippen LogP contribution in [0.3, 0.4) is 0 Å². The third-order valence-electron chi connectivity index (χ3n) is 1.84. The number of hydrogen-bond donors (Lipinski definition) is 0. The zero-order chi connectivity index (χ0) is 10.8. The van der Waals surface area contributed by atoms with Crippen LogP contribution in [0.1, 0.15) is 17.4 Å². The zero-order valence-electron chi connectivity index (χ0n) is 8.07. The molecule has 0 fully saturated rings. The lowest BCUT2D eigenvalue weighted by Gasteiger charge is -2.10. The molecule has 0 aromatic carbocycles. The lowest BCUT2D eigenvalue weighted by molar-refractivity contribution is 0.0519. The van der Waals surface area contributed by atoms with Crippen LogP contribution >= 0.6 is 15.9 Å². The molecule has 0 saturated heterocycles. The molecule has 5 nitrogen and oxygen atoms in total. The van der Waals surface area contributed by atoms with E-state index in [-0.39, 0.29) is 5.69 Å². The number of hydrogen-bond acceptors (Lipinski definition) is 4. The van der Waals surface area contributed by atoms with Crippen LogP contribution in [0, 0.1) is 0 Å². The number of aromatic nitrogens is 2. The number of carbonyl (C=O) groups is 1. The lowest BCUT2D eigenvalue weighted by atomic mass is 10.5. The van der Waals surface area contributed by atoms with Crippen molar-refractivity contribution < 1.29 is 14.3 Å². The molecule has 2 heterocycles. The smallest absolute Gasteiger partial charge is 0.358 e. The van der Waals surface area contributed by atoms with Crippen molar-refractivity contribution in [3.8, 4) is 6.01 Å². The van der Waals surface area contributed by atoms with Gasteiger partial charge in [-0.3, -0.25) is 4.57 Å². The number of fused-ring (bicyclic) bond motifs is 1. The second-order valence-corrected chi connectivity index (χ2v) is 3.96. The van der Waals surface area contributed by atoms with Crippen LogP contribution in [-0.2, 0) is 11.3 Å². The first-order valence-corrected chi connectivity index (χ1v) is 5.25. The summed E-state index contributed by atoms with van der Waals surface area (Å²) in [6.45, 7) is 2.70. The van der Waals surface area contributed by atoms with Crippen LogP contribution < -0.4 is 4.74 Å². The second kappa shape index (κ2) is 4.06. The highest BCUT2D eigenvalue weighted by molar-refractivity contribution is 9.11. The molecule has 0 spiro atoms. The average Bonchev–Trinajstić information content (AvgIpc) is 2.60. The molecule has 0 N–H and O–H groups in total. The Hall–Kier alpha value is -1.30. The molecule has 0 unspecified atom stereocenters. The number of halogens is 1. The Morgan fingerprint density at radius 2 is 2.60 bits per heavy atom. The predicted molar refractivity (Wildman–Crippen MR) is 55.8 cm³/mol. The number of carbonyl (C=O) groups excluding carboxylic acids is 1. The second-order valence-electron chi connectivity index (χ2n) is 2.94. The van der Waals surface area contributed by atoms with Crippen LogP contribution in [0.15, 0.2) is 16.9 Å². The van der Waals surface area contributed by atoms with E-state index in [1.165, 1.54) is 0 Å². The van der Waals surface area contributed by atoms with E-state index in [1.807, 2.05) is 0 Å². The summed E-state index contributed by atoms with van der Waals surface area (Å²) in [5.41, 5.74) is 0.266. The third-order valence-corrected chi connectivity index (χ3v) is 2.28. The van der Waals surface area contributed by atoms with Gasteiger partial charge >= 0.3 is 12.0 Å². The summed E-state index contributed by atoms with van der Waals surface area (Å²) in [5.74, 6) is -0.431. The fourth-order valence-electron chi connectivity index (χ4n) is 1.23. The molecule has 80 valence electrons. The molecule has 0 radical (unpaired) electrons. The maximum atomic E-state index is 11.4. The van der Waals surface area contributed by atoms with E-state index in [2.05, 4.69) is 20.9 Å². The summed E-state index contributed by atoms with van der Waals surface area (Å²) in [4.78, 5) is 15.4. The molecular formula is C9H9BrN2O3. The van der Waals surface area contributed by atoms with Crippen molar-refractivity contribution in [1.29, 1.82) is 0 Å². The summed E-state index contributed by atoms with van der Waals surface area (Å²) in [5, 5.41) is 0. The van der Waals surface area contributed by atoms with Gasteiger partial charge in [-0.1, -0.05) is 15.9 Å².